The highest BCUT2D eigenvalue weighted by Gasteiger charge is 2.31. The van der Waals surface area contributed by atoms with Gasteiger partial charge in [0.05, 0.1) is 15.7 Å². The van der Waals surface area contributed by atoms with Gasteiger partial charge in [-0.3, -0.25) is 4.40 Å². The Bertz CT molecular complexity index is 1560. The third kappa shape index (κ3) is 2.86. The molecular weight excluding hydrogens is 452 g/mol. The highest BCUT2D eigenvalue weighted by molar-refractivity contribution is 7.90. The van der Waals surface area contributed by atoms with Gasteiger partial charge in [-0.15, -0.1) is 0 Å². The first-order valence-electron chi connectivity index (χ1n) is 10.2. The van der Waals surface area contributed by atoms with Gasteiger partial charge in [0, 0.05) is 18.1 Å². The van der Waals surface area contributed by atoms with Crippen molar-refractivity contribution >= 4 is 59.0 Å². The number of imidazole rings is 1. The first-order valence-corrected chi connectivity index (χ1v) is 12.8. The minimum atomic E-state index is -3.99. The van der Waals surface area contributed by atoms with E-state index in [1.807, 2.05) is 48.5 Å². The third-order valence-electron chi connectivity index (χ3n) is 6.02. The van der Waals surface area contributed by atoms with Crippen LogP contribution in [0.4, 0.5) is 0 Å². The molecule has 2 aromatic carbocycles. The van der Waals surface area contributed by atoms with Gasteiger partial charge < -0.3 is 5.32 Å². The van der Waals surface area contributed by atoms with Crippen LogP contribution in [-0.2, 0) is 10.0 Å². The van der Waals surface area contributed by atoms with E-state index >= 15 is 0 Å². The monoisotopic (exact) mass is 470 g/mol. The molecule has 3 aromatic heterocycles. The minimum Gasteiger partial charge on any atom is -0.316 e. The zero-order valence-electron chi connectivity index (χ0n) is 16.5. The maximum Gasteiger partial charge on any atom is 0.287 e. The molecule has 0 aliphatic carbocycles. The molecule has 158 valence electrons. The summed E-state index contributed by atoms with van der Waals surface area (Å²) in [4.78, 5) is 4.93. The van der Waals surface area contributed by atoms with Gasteiger partial charge in [-0.25, -0.2) is 8.96 Å². The van der Waals surface area contributed by atoms with Gasteiger partial charge in [-0.05, 0) is 49.1 Å². The normalized spacial score (nSPS) is 17.8. The van der Waals surface area contributed by atoms with Gasteiger partial charge >= 0.3 is 0 Å². The second-order valence-corrected chi connectivity index (χ2v) is 10.9. The fraction of sp³-hybridized carbons (Fsp3) is 0.227. The minimum absolute atomic E-state index is 0.00401. The fourth-order valence-corrected chi connectivity index (χ4v) is 7.72. The van der Waals surface area contributed by atoms with Crippen molar-refractivity contribution in [2.24, 2.45) is 0 Å². The molecule has 0 saturated carbocycles. The Morgan fingerprint density at radius 2 is 1.87 bits per heavy atom. The molecule has 4 heterocycles. The van der Waals surface area contributed by atoms with E-state index < -0.39 is 10.0 Å². The number of rotatable bonds is 3. The van der Waals surface area contributed by atoms with Crippen LogP contribution in [0, 0.1) is 0 Å². The molecule has 1 aliphatic heterocycles. The molecule has 1 fully saturated rings. The molecule has 0 amide bonds. The number of nitrogens with zero attached hydrogens (tertiary/aromatic N) is 3. The predicted octanol–water partition coefficient (Wildman–Crippen LogP) is 4.86. The van der Waals surface area contributed by atoms with Gasteiger partial charge in [0.25, 0.3) is 10.0 Å². The van der Waals surface area contributed by atoms with Gasteiger partial charge in [0.1, 0.15) is 0 Å². The summed E-state index contributed by atoms with van der Waals surface area (Å²) in [6, 6.07) is 15.3. The van der Waals surface area contributed by atoms with Gasteiger partial charge in [-0.1, -0.05) is 53.3 Å². The van der Waals surface area contributed by atoms with Crippen LogP contribution in [0.15, 0.2) is 59.8 Å². The number of fused-ring (bicyclic) bond motifs is 4. The lowest BCUT2D eigenvalue weighted by Crippen LogP contribution is -2.28. The van der Waals surface area contributed by atoms with Crippen molar-refractivity contribution in [3.05, 3.63) is 65.4 Å². The molecular formula is C22H19ClN4O2S2. The van der Waals surface area contributed by atoms with E-state index in [9.17, 15) is 8.42 Å². The van der Waals surface area contributed by atoms with Crippen molar-refractivity contribution < 1.29 is 8.42 Å². The highest BCUT2D eigenvalue weighted by Crippen LogP contribution is 2.37. The number of hydrogen-bond acceptors (Lipinski definition) is 5. The number of halogens is 1. The molecule has 0 bridgehead atoms. The molecule has 1 atom stereocenters. The molecule has 5 aromatic rings. The number of aromatic nitrogens is 3. The predicted molar refractivity (Wildman–Crippen MR) is 125 cm³/mol. The molecule has 31 heavy (non-hydrogen) atoms. The topological polar surface area (TPSA) is 68.4 Å². The molecule has 1 N–H and O–H groups in total. The Balaban J connectivity index is 1.62. The van der Waals surface area contributed by atoms with Crippen LogP contribution in [0.1, 0.15) is 24.3 Å². The van der Waals surface area contributed by atoms with E-state index in [4.69, 9.17) is 11.6 Å². The number of para-hydroxylation sites is 2. The molecule has 0 radical (unpaired) electrons. The lowest BCUT2D eigenvalue weighted by molar-refractivity contribution is 0.463. The van der Waals surface area contributed by atoms with Crippen LogP contribution in [-0.4, -0.2) is 34.9 Å². The lowest BCUT2D eigenvalue weighted by atomic mass is 9.91. The number of nitrogens with one attached hydrogen (secondary N) is 1. The number of benzene rings is 2. The van der Waals surface area contributed by atoms with Gasteiger partial charge in [0.15, 0.2) is 10.1 Å². The second kappa shape index (κ2) is 7.06. The summed E-state index contributed by atoms with van der Waals surface area (Å²) < 4.78 is 32.0. The van der Waals surface area contributed by atoms with Gasteiger partial charge in [0.2, 0.25) is 5.03 Å². The number of piperidine rings is 1. The Morgan fingerprint density at radius 3 is 2.68 bits per heavy atom. The summed E-state index contributed by atoms with van der Waals surface area (Å²) in [6.45, 7) is 1.85. The Kier molecular flexibility index (Phi) is 4.40. The molecule has 6 nitrogen and oxygen atoms in total. The van der Waals surface area contributed by atoms with E-state index in [-0.39, 0.29) is 16.1 Å². The molecule has 6 rings (SSSR count). The largest absolute Gasteiger partial charge is 0.316 e. The molecule has 1 aliphatic rings. The van der Waals surface area contributed by atoms with Crippen LogP contribution in [0.5, 0.6) is 0 Å². The van der Waals surface area contributed by atoms with Crippen molar-refractivity contribution in [3.63, 3.8) is 0 Å². The average Bonchev–Trinajstić information content (AvgIpc) is 3.43. The first-order chi connectivity index (χ1) is 15.1. The van der Waals surface area contributed by atoms with Crippen molar-refractivity contribution in [2.45, 2.75) is 23.8 Å². The summed E-state index contributed by atoms with van der Waals surface area (Å²) in [7, 11) is -3.99. The molecule has 0 spiro atoms. The Morgan fingerprint density at radius 1 is 1.10 bits per heavy atom. The molecule has 1 saturated heterocycles. The summed E-state index contributed by atoms with van der Waals surface area (Å²) in [5, 5.41) is 4.40. The van der Waals surface area contributed by atoms with Crippen molar-refractivity contribution in [1.82, 2.24) is 18.7 Å². The Hall–Kier alpha value is -2.39. The van der Waals surface area contributed by atoms with E-state index in [0.29, 0.717) is 10.5 Å². The van der Waals surface area contributed by atoms with Crippen LogP contribution in [0.25, 0.3) is 26.1 Å². The van der Waals surface area contributed by atoms with Crippen LogP contribution < -0.4 is 5.32 Å². The van der Waals surface area contributed by atoms with E-state index in [1.54, 1.807) is 10.6 Å². The lowest BCUT2D eigenvalue weighted by Gasteiger charge is -2.22. The third-order valence-corrected chi connectivity index (χ3v) is 9.10. The molecule has 9 heteroatoms. The summed E-state index contributed by atoms with van der Waals surface area (Å²) in [6.07, 6.45) is 3.89. The highest BCUT2D eigenvalue weighted by atomic mass is 35.5. The van der Waals surface area contributed by atoms with Crippen LogP contribution in [0.2, 0.25) is 5.15 Å². The van der Waals surface area contributed by atoms with E-state index in [0.717, 1.165) is 47.1 Å². The summed E-state index contributed by atoms with van der Waals surface area (Å²) in [5.74, 6) is 0.276. The maximum atomic E-state index is 14.0. The smallest absolute Gasteiger partial charge is 0.287 e. The second-order valence-electron chi connectivity index (χ2n) is 7.84. The SMILES string of the molecule is O=S(=O)(c1c(Cl)nc2sc3ccccc3n12)n1cc(C2CCCNC2)c2ccccc21. The van der Waals surface area contributed by atoms with Crippen molar-refractivity contribution in [1.29, 1.82) is 0 Å². The summed E-state index contributed by atoms with van der Waals surface area (Å²) >= 11 is 7.85. The zero-order valence-corrected chi connectivity index (χ0v) is 18.8. The summed E-state index contributed by atoms with van der Waals surface area (Å²) in [5.41, 5.74) is 2.50. The number of thiazole rings is 1. The standard InChI is InChI=1S/C22H19ClN4O2S2/c23-20-21(27-18-9-3-4-10-19(18)30-22(27)25-20)31(28,29)26-13-16(14-6-5-11-24-12-14)15-7-1-2-8-17(15)26/h1-4,7-10,13-14,24H,5-6,11-12H2. The maximum absolute atomic E-state index is 14.0. The number of hydrogen-bond donors (Lipinski definition) is 1. The fourth-order valence-electron chi connectivity index (χ4n) is 4.60. The van der Waals surface area contributed by atoms with E-state index in [1.165, 1.54) is 15.3 Å². The first kappa shape index (κ1) is 19.3. The zero-order chi connectivity index (χ0) is 21.2. The van der Waals surface area contributed by atoms with Crippen LogP contribution >= 0.6 is 22.9 Å². The van der Waals surface area contributed by atoms with E-state index in [2.05, 4.69) is 10.3 Å². The van der Waals surface area contributed by atoms with Crippen LogP contribution in [0.3, 0.4) is 0 Å². The Labute approximate surface area is 188 Å². The van der Waals surface area contributed by atoms with Crippen molar-refractivity contribution in [2.75, 3.05) is 13.1 Å². The average molecular weight is 471 g/mol. The van der Waals surface area contributed by atoms with Gasteiger partial charge in [-0.2, -0.15) is 8.42 Å². The van der Waals surface area contributed by atoms with Crippen molar-refractivity contribution in [3.8, 4) is 0 Å². The molecule has 1 unspecified atom stereocenters. The quantitative estimate of drug-likeness (QED) is 0.409.